The molecule has 0 atom stereocenters. The van der Waals surface area contributed by atoms with E-state index in [1.54, 1.807) is 6.07 Å². The second-order valence-electron chi connectivity index (χ2n) is 3.98. The lowest BCUT2D eigenvalue weighted by molar-refractivity contribution is -0.134. The molecule has 102 valence electrons. The Kier molecular flexibility index (Phi) is 3.46. The molecule has 0 saturated carbocycles. The average molecular weight is 272 g/mol. The van der Waals surface area contributed by atoms with Crippen molar-refractivity contribution in [3.05, 3.63) is 29.6 Å². The quantitative estimate of drug-likeness (QED) is 0.804. The van der Waals surface area contributed by atoms with E-state index in [1.807, 2.05) is 0 Å². The minimum absolute atomic E-state index is 0.260. The Morgan fingerprint density at radius 2 is 2.16 bits per heavy atom. The molecule has 2 heterocycles. The summed E-state index contributed by atoms with van der Waals surface area (Å²) in [6.07, 6.45) is -3.56. The molecule has 0 aromatic carbocycles. The minimum atomic E-state index is -4.26. The zero-order valence-corrected chi connectivity index (χ0v) is 10.1. The summed E-state index contributed by atoms with van der Waals surface area (Å²) in [7, 11) is 1.38. The molecule has 0 unspecified atom stereocenters. The molecule has 2 rings (SSSR count). The van der Waals surface area contributed by atoms with Crippen LogP contribution >= 0.6 is 0 Å². The highest BCUT2D eigenvalue weighted by atomic mass is 19.4. The van der Waals surface area contributed by atoms with Crippen molar-refractivity contribution in [3.8, 4) is 5.75 Å². The lowest BCUT2D eigenvalue weighted by Gasteiger charge is -2.12. The molecule has 4 nitrogen and oxygen atoms in total. The van der Waals surface area contributed by atoms with Crippen LogP contribution < -0.4 is 4.74 Å². The summed E-state index contributed by atoms with van der Waals surface area (Å²) >= 11 is 0. The van der Waals surface area contributed by atoms with Gasteiger partial charge in [-0.15, -0.1) is 0 Å². The number of carbonyl (C=O) groups excluding carboxylic acids is 1. The maximum atomic E-state index is 12.3. The van der Waals surface area contributed by atoms with Crippen molar-refractivity contribution in [2.24, 2.45) is 0 Å². The Morgan fingerprint density at radius 3 is 2.74 bits per heavy atom. The first-order valence-electron chi connectivity index (χ1n) is 5.52. The van der Waals surface area contributed by atoms with E-state index >= 15 is 0 Å². The van der Waals surface area contributed by atoms with E-state index in [0.717, 1.165) is 0 Å². The smallest absolute Gasteiger partial charge is 0.389 e. The number of fused-ring (bicyclic) bond motifs is 1. The number of aryl methyl sites for hydroxylation is 1. The standard InChI is InChI=1S/C12H11F3N2O2/c1-19-11-3-2-9-8(7-18)6-16-17(9)10(11)4-5-12(13,14)15/h2-3,6-7H,4-5H2,1H3. The molecule has 0 amide bonds. The van der Waals surface area contributed by atoms with Gasteiger partial charge in [0.2, 0.25) is 0 Å². The first-order valence-corrected chi connectivity index (χ1v) is 5.52. The van der Waals surface area contributed by atoms with Crippen LogP contribution in [0, 0.1) is 0 Å². The summed E-state index contributed by atoms with van der Waals surface area (Å²) in [5.41, 5.74) is 1.09. The summed E-state index contributed by atoms with van der Waals surface area (Å²) in [5, 5.41) is 3.94. The summed E-state index contributed by atoms with van der Waals surface area (Å²) < 4.78 is 43.3. The molecule has 0 fully saturated rings. The Labute approximate surface area is 106 Å². The van der Waals surface area contributed by atoms with Gasteiger partial charge in [-0.2, -0.15) is 18.3 Å². The zero-order valence-electron chi connectivity index (χ0n) is 10.1. The van der Waals surface area contributed by atoms with Gasteiger partial charge in [-0.1, -0.05) is 0 Å². The van der Waals surface area contributed by atoms with Crippen molar-refractivity contribution in [2.75, 3.05) is 7.11 Å². The number of halogens is 3. The number of aromatic nitrogens is 2. The number of ether oxygens (including phenoxy) is 1. The van der Waals surface area contributed by atoms with Gasteiger partial charge in [0.05, 0.1) is 30.1 Å². The van der Waals surface area contributed by atoms with Crippen molar-refractivity contribution in [1.82, 2.24) is 9.61 Å². The van der Waals surface area contributed by atoms with Crippen LogP contribution in [0.4, 0.5) is 13.2 Å². The fourth-order valence-corrected chi connectivity index (χ4v) is 1.87. The van der Waals surface area contributed by atoms with Crippen molar-refractivity contribution < 1.29 is 22.7 Å². The van der Waals surface area contributed by atoms with Gasteiger partial charge in [-0.3, -0.25) is 4.79 Å². The number of hydrogen-bond donors (Lipinski definition) is 0. The first kappa shape index (κ1) is 13.4. The SMILES string of the molecule is COc1ccc2c(C=O)cnn2c1CCC(F)(F)F. The number of nitrogens with zero attached hydrogens (tertiary/aromatic N) is 2. The lowest BCUT2D eigenvalue weighted by atomic mass is 10.1. The zero-order chi connectivity index (χ0) is 14.0. The summed E-state index contributed by atoms with van der Waals surface area (Å²) in [4.78, 5) is 10.8. The molecular formula is C12H11F3N2O2. The Bertz CT molecular complexity index is 605. The maximum absolute atomic E-state index is 12.3. The predicted molar refractivity (Wildman–Crippen MR) is 61.5 cm³/mol. The predicted octanol–water partition coefficient (Wildman–Crippen LogP) is 2.65. The van der Waals surface area contributed by atoms with Gasteiger partial charge in [-0.25, -0.2) is 4.52 Å². The highest BCUT2D eigenvalue weighted by molar-refractivity contribution is 5.85. The summed E-state index contributed by atoms with van der Waals surface area (Å²) in [5.74, 6) is 0.317. The molecular weight excluding hydrogens is 261 g/mol. The highest BCUT2D eigenvalue weighted by Crippen LogP contribution is 2.27. The second-order valence-corrected chi connectivity index (χ2v) is 3.98. The summed E-state index contributed by atoms with van der Waals surface area (Å²) in [6.45, 7) is 0. The number of aldehydes is 1. The normalized spacial score (nSPS) is 11.8. The van der Waals surface area contributed by atoms with Gasteiger partial charge in [0.15, 0.2) is 6.29 Å². The maximum Gasteiger partial charge on any atom is 0.389 e. The van der Waals surface area contributed by atoms with Gasteiger partial charge in [0.25, 0.3) is 0 Å². The molecule has 0 aliphatic heterocycles. The molecule has 0 N–H and O–H groups in total. The van der Waals surface area contributed by atoms with Gasteiger partial charge in [-0.05, 0) is 12.1 Å². The van der Waals surface area contributed by atoms with Crippen molar-refractivity contribution in [1.29, 1.82) is 0 Å². The molecule has 0 aliphatic carbocycles. The molecule has 0 bridgehead atoms. The highest BCUT2D eigenvalue weighted by Gasteiger charge is 2.28. The van der Waals surface area contributed by atoms with E-state index in [0.29, 0.717) is 28.8 Å². The van der Waals surface area contributed by atoms with E-state index in [4.69, 9.17) is 4.74 Å². The van der Waals surface area contributed by atoms with E-state index in [2.05, 4.69) is 5.10 Å². The van der Waals surface area contributed by atoms with Gasteiger partial charge < -0.3 is 4.74 Å². The minimum Gasteiger partial charge on any atom is -0.495 e. The van der Waals surface area contributed by atoms with Crippen LogP contribution in [0.5, 0.6) is 5.75 Å². The average Bonchev–Trinajstić information content (AvgIpc) is 2.77. The van der Waals surface area contributed by atoms with Crippen molar-refractivity contribution >= 4 is 11.8 Å². The topological polar surface area (TPSA) is 43.6 Å². The molecule has 0 aliphatic rings. The number of hydrogen-bond acceptors (Lipinski definition) is 3. The number of alkyl halides is 3. The molecule has 19 heavy (non-hydrogen) atoms. The Balaban J connectivity index is 2.49. The lowest BCUT2D eigenvalue weighted by Crippen LogP contribution is -2.11. The van der Waals surface area contributed by atoms with E-state index < -0.39 is 12.6 Å². The number of pyridine rings is 1. The molecule has 0 spiro atoms. The number of carbonyl (C=O) groups is 1. The largest absolute Gasteiger partial charge is 0.495 e. The van der Waals surface area contributed by atoms with E-state index in [-0.39, 0.29) is 6.42 Å². The van der Waals surface area contributed by atoms with Crippen LogP contribution in [-0.4, -0.2) is 29.2 Å². The fourth-order valence-electron chi connectivity index (χ4n) is 1.87. The molecule has 2 aromatic rings. The first-order chi connectivity index (χ1) is 8.96. The number of rotatable bonds is 4. The Morgan fingerprint density at radius 1 is 1.42 bits per heavy atom. The van der Waals surface area contributed by atoms with E-state index in [1.165, 1.54) is 23.9 Å². The monoisotopic (exact) mass is 272 g/mol. The third-order valence-electron chi connectivity index (χ3n) is 2.76. The molecule has 2 aromatic heterocycles. The molecule has 0 radical (unpaired) electrons. The van der Waals surface area contributed by atoms with Crippen LogP contribution in [0.15, 0.2) is 18.3 Å². The Hall–Kier alpha value is -2.05. The van der Waals surface area contributed by atoms with Crippen LogP contribution in [-0.2, 0) is 6.42 Å². The summed E-state index contributed by atoms with van der Waals surface area (Å²) in [6, 6.07) is 3.13. The third-order valence-corrected chi connectivity index (χ3v) is 2.76. The van der Waals surface area contributed by atoms with Gasteiger partial charge >= 0.3 is 6.18 Å². The van der Waals surface area contributed by atoms with Gasteiger partial charge in [0, 0.05) is 12.8 Å². The second kappa shape index (κ2) is 4.91. The molecule has 7 heteroatoms. The van der Waals surface area contributed by atoms with Crippen LogP contribution in [0.2, 0.25) is 0 Å². The van der Waals surface area contributed by atoms with Crippen molar-refractivity contribution in [3.63, 3.8) is 0 Å². The number of methoxy groups -OCH3 is 1. The van der Waals surface area contributed by atoms with Gasteiger partial charge in [0.1, 0.15) is 5.75 Å². The van der Waals surface area contributed by atoms with Crippen LogP contribution in [0.3, 0.4) is 0 Å². The van der Waals surface area contributed by atoms with Crippen molar-refractivity contribution in [2.45, 2.75) is 19.0 Å². The van der Waals surface area contributed by atoms with Crippen LogP contribution in [0.25, 0.3) is 5.52 Å². The fraction of sp³-hybridized carbons (Fsp3) is 0.333. The third kappa shape index (κ3) is 2.69. The van der Waals surface area contributed by atoms with E-state index in [9.17, 15) is 18.0 Å². The molecule has 0 saturated heterocycles. The van der Waals surface area contributed by atoms with Crippen LogP contribution in [0.1, 0.15) is 22.5 Å².